The smallest absolute Gasteiger partial charge is 0.336 e. The van der Waals surface area contributed by atoms with E-state index in [2.05, 4.69) is 11.5 Å². The number of carboxylic acids is 1. The lowest BCUT2D eigenvalue weighted by atomic mass is 9.95. The van der Waals surface area contributed by atoms with E-state index in [1.165, 1.54) is 10.4 Å². The highest BCUT2D eigenvalue weighted by Crippen LogP contribution is 2.54. The lowest BCUT2D eigenvalue weighted by Crippen LogP contribution is -2.29. The minimum atomic E-state index is -3.76. The summed E-state index contributed by atoms with van der Waals surface area (Å²) in [7, 11) is -3.76. The van der Waals surface area contributed by atoms with Gasteiger partial charge >= 0.3 is 5.97 Å². The number of hydrogen-bond acceptors (Lipinski definition) is 4. The average molecular weight is 477 g/mol. The van der Waals surface area contributed by atoms with Crippen molar-refractivity contribution in [3.05, 3.63) is 92.9 Å². The first-order valence-electron chi connectivity index (χ1n) is 10.3. The van der Waals surface area contributed by atoms with E-state index in [0.29, 0.717) is 35.7 Å². The van der Waals surface area contributed by atoms with E-state index in [-0.39, 0.29) is 27.9 Å². The molecule has 3 aliphatic rings. The molecular weight excluding hydrogens is 460 g/mol. The van der Waals surface area contributed by atoms with Gasteiger partial charge in [0.05, 0.1) is 16.2 Å². The number of benzene rings is 2. The van der Waals surface area contributed by atoms with Gasteiger partial charge in [-0.3, -0.25) is 4.31 Å². The van der Waals surface area contributed by atoms with Crippen LogP contribution in [0, 0.1) is 17.2 Å². The second-order valence-electron chi connectivity index (χ2n) is 8.17. The fourth-order valence-electron chi connectivity index (χ4n) is 4.49. The topological polar surface area (TPSA) is 98.5 Å². The summed E-state index contributed by atoms with van der Waals surface area (Å²) in [6.45, 7) is 0.353. The van der Waals surface area contributed by atoms with Gasteiger partial charge in [-0.15, -0.1) is 0 Å². The molecule has 0 radical (unpaired) electrons. The van der Waals surface area contributed by atoms with Crippen molar-refractivity contribution < 1.29 is 18.3 Å². The molecule has 1 fully saturated rings. The molecule has 1 aliphatic heterocycles. The van der Waals surface area contributed by atoms with Crippen LogP contribution in [0.25, 0.3) is 0 Å². The van der Waals surface area contributed by atoms with Crippen LogP contribution in [-0.2, 0) is 21.2 Å². The number of nitrogens with zero attached hydrogens (tertiary/aromatic N) is 2. The number of carboxylic acid groups (broad SMARTS) is 1. The summed E-state index contributed by atoms with van der Waals surface area (Å²) in [6.07, 6.45) is 2.58. The van der Waals surface area contributed by atoms with Crippen molar-refractivity contribution in [1.29, 1.82) is 5.26 Å². The standard InChI is InChI=1S/C25H17ClN2O4S/c26-18-5-7-24-17(11-18)8-9-28(24)33(31,32)19-3-1-2-16(12-19)21-13-22(21)20-6-4-15(14-27)10-23(20)25(29)30/h1-3,5,7,10-12,21-22H,8-9,13H2,(H,29,30). The maximum Gasteiger partial charge on any atom is 0.336 e. The molecule has 8 heteroatoms. The van der Waals surface area contributed by atoms with E-state index in [1.54, 1.807) is 36.4 Å². The summed E-state index contributed by atoms with van der Waals surface area (Å²) >= 11 is 6.05. The maximum absolute atomic E-state index is 13.4. The highest BCUT2D eigenvalue weighted by Gasteiger charge is 2.44. The van der Waals surface area contributed by atoms with Crippen molar-refractivity contribution in [2.24, 2.45) is 5.92 Å². The van der Waals surface area contributed by atoms with Crippen LogP contribution in [0.3, 0.4) is 0 Å². The minimum absolute atomic E-state index is 0.0273. The second-order valence-corrected chi connectivity index (χ2v) is 10.5. The molecule has 1 saturated carbocycles. The number of hydrogen-bond donors (Lipinski definition) is 1. The number of rotatable bonds is 5. The molecule has 2 aliphatic carbocycles. The molecule has 0 spiro atoms. The van der Waals surface area contributed by atoms with Crippen LogP contribution in [0.15, 0.2) is 81.6 Å². The van der Waals surface area contributed by atoms with E-state index in [0.717, 1.165) is 11.1 Å². The van der Waals surface area contributed by atoms with Gasteiger partial charge in [0.25, 0.3) is 10.0 Å². The Morgan fingerprint density at radius 1 is 1.18 bits per heavy atom. The molecule has 2 unspecified atom stereocenters. The van der Waals surface area contributed by atoms with Crippen molar-refractivity contribution in [2.75, 3.05) is 10.8 Å². The lowest BCUT2D eigenvalue weighted by Gasteiger charge is -2.20. The summed E-state index contributed by atoms with van der Waals surface area (Å²) in [5, 5.41) is 19.2. The van der Waals surface area contributed by atoms with Gasteiger partial charge in [-0.2, -0.15) is 5.26 Å². The van der Waals surface area contributed by atoms with E-state index in [4.69, 9.17) is 16.9 Å². The number of aliphatic carboxylic acids is 1. The second kappa shape index (κ2) is 7.81. The molecule has 2 aromatic rings. The maximum atomic E-state index is 13.4. The van der Waals surface area contributed by atoms with Crippen molar-refractivity contribution in [2.45, 2.75) is 23.7 Å². The predicted molar refractivity (Wildman–Crippen MR) is 122 cm³/mol. The van der Waals surface area contributed by atoms with Crippen molar-refractivity contribution in [3.8, 4) is 6.07 Å². The highest BCUT2D eigenvalue weighted by atomic mass is 35.5. The Kier molecular flexibility index (Phi) is 5.05. The fourth-order valence-corrected chi connectivity index (χ4v) is 6.25. The monoisotopic (exact) mass is 476 g/mol. The largest absolute Gasteiger partial charge is 0.478 e. The van der Waals surface area contributed by atoms with Gasteiger partial charge in [-0.25, -0.2) is 13.2 Å². The number of allylic oxidation sites excluding steroid dienone is 2. The first-order chi connectivity index (χ1) is 15.8. The van der Waals surface area contributed by atoms with Crippen LogP contribution < -0.4 is 4.31 Å². The minimum Gasteiger partial charge on any atom is -0.478 e. The zero-order chi connectivity index (χ0) is 23.3. The van der Waals surface area contributed by atoms with Crippen LogP contribution in [0.2, 0.25) is 5.02 Å². The Bertz CT molecular complexity index is 1500. The summed E-state index contributed by atoms with van der Waals surface area (Å²) in [4.78, 5) is 11.9. The SMILES string of the molecule is N#CC1=C=C=C(C2CC2c2cccc(S(=O)(=O)N3CCc4cc(Cl)ccc43)c2)C(C(=O)O)=C1. The first-order valence-corrected chi connectivity index (χ1v) is 12.1. The van der Waals surface area contributed by atoms with Gasteiger partial charge in [0.2, 0.25) is 0 Å². The molecule has 1 heterocycles. The molecule has 0 aromatic heterocycles. The zero-order valence-electron chi connectivity index (χ0n) is 17.2. The molecule has 2 atom stereocenters. The first kappa shape index (κ1) is 21.3. The van der Waals surface area contributed by atoms with Gasteiger partial charge in [-0.1, -0.05) is 35.2 Å². The molecule has 0 amide bonds. The van der Waals surface area contributed by atoms with Crippen LogP contribution in [0.4, 0.5) is 5.69 Å². The molecule has 0 saturated heterocycles. The summed E-state index contributed by atoms with van der Waals surface area (Å²) in [5.41, 5.74) is 8.55. The Morgan fingerprint density at radius 3 is 2.76 bits per heavy atom. The van der Waals surface area contributed by atoms with Gasteiger partial charge in [-0.05, 0) is 66.3 Å². The van der Waals surface area contributed by atoms with Crippen molar-refractivity contribution in [3.63, 3.8) is 0 Å². The number of nitriles is 1. The van der Waals surface area contributed by atoms with Crippen molar-refractivity contribution >= 4 is 33.3 Å². The Balaban J connectivity index is 1.45. The number of sulfonamides is 1. The third-order valence-corrected chi connectivity index (χ3v) is 8.24. The number of anilines is 1. The van der Waals surface area contributed by atoms with Crippen LogP contribution in [-0.4, -0.2) is 26.0 Å². The highest BCUT2D eigenvalue weighted by molar-refractivity contribution is 7.92. The normalized spacial score (nSPS) is 21.0. The van der Waals surface area contributed by atoms with Crippen LogP contribution >= 0.6 is 11.6 Å². The Hall–Kier alpha value is -3.52. The van der Waals surface area contributed by atoms with E-state index < -0.39 is 16.0 Å². The van der Waals surface area contributed by atoms with Crippen LogP contribution in [0.5, 0.6) is 0 Å². The third kappa shape index (κ3) is 3.70. The molecule has 0 bridgehead atoms. The molecule has 2 aromatic carbocycles. The third-order valence-electron chi connectivity index (χ3n) is 6.19. The van der Waals surface area contributed by atoms with Gasteiger partial charge in [0.1, 0.15) is 11.6 Å². The molecule has 6 nitrogen and oxygen atoms in total. The fraction of sp³-hybridized carbons (Fsp3) is 0.200. The van der Waals surface area contributed by atoms with E-state index in [1.807, 2.05) is 12.1 Å². The average Bonchev–Trinajstić information content (AvgIpc) is 3.49. The molecule has 33 heavy (non-hydrogen) atoms. The zero-order valence-corrected chi connectivity index (χ0v) is 18.8. The number of halogens is 1. The number of fused-ring (bicyclic) bond motifs is 1. The lowest BCUT2D eigenvalue weighted by molar-refractivity contribution is -0.132. The molecule has 1 N–H and O–H groups in total. The Morgan fingerprint density at radius 2 is 2.00 bits per heavy atom. The molecule has 164 valence electrons. The van der Waals surface area contributed by atoms with Gasteiger partial charge in [0, 0.05) is 23.1 Å². The summed E-state index contributed by atoms with van der Waals surface area (Å²) in [5.74, 6) is -1.27. The summed E-state index contributed by atoms with van der Waals surface area (Å²) in [6, 6.07) is 13.9. The molecule has 5 rings (SSSR count). The van der Waals surface area contributed by atoms with Gasteiger partial charge < -0.3 is 5.11 Å². The quantitative estimate of drug-likeness (QED) is 0.647. The Labute approximate surface area is 196 Å². The predicted octanol–water partition coefficient (Wildman–Crippen LogP) is 4.35. The summed E-state index contributed by atoms with van der Waals surface area (Å²) < 4.78 is 28.2. The van der Waals surface area contributed by atoms with E-state index >= 15 is 0 Å². The van der Waals surface area contributed by atoms with Crippen molar-refractivity contribution in [1.82, 2.24) is 0 Å². The number of carbonyl (C=O) groups is 1. The van der Waals surface area contributed by atoms with E-state index in [9.17, 15) is 18.3 Å². The van der Waals surface area contributed by atoms with Gasteiger partial charge in [0.15, 0.2) is 0 Å². The molecular formula is C25H17ClN2O4S. The van der Waals surface area contributed by atoms with Crippen LogP contribution in [0.1, 0.15) is 23.5 Å².